The number of para-hydroxylation sites is 1. The number of fused-ring (bicyclic) bond motifs is 1. The van der Waals surface area contributed by atoms with Gasteiger partial charge in [0.2, 0.25) is 5.78 Å². The van der Waals surface area contributed by atoms with E-state index in [1.54, 1.807) is 0 Å². The Labute approximate surface area is 155 Å². The Kier molecular flexibility index (Phi) is 5.86. The van der Waals surface area contributed by atoms with Gasteiger partial charge in [0.15, 0.2) is 6.04 Å². The van der Waals surface area contributed by atoms with Crippen LogP contribution in [0.3, 0.4) is 0 Å². The van der Waals surface area contributed by atoms with E-state index >= 15 is 0 Å². The van der Waals surface area contributed by atoms with Crippen LogP contribution in [0.25, 0.3) is 10.9 Å². The van der Waals surface area contributed by atoms with Crippen molar-refractivity contribution in [3.05, 3.63) is 71.4 Å². The number of ketones is 1. The zero-order valence-corrected chi connectivity index (χ0v) is 15.9. The van der Waals surface area contributed by atoms with E-state index in [4.69, 9.17) is 0 Å². The van der Waals surface area contributed by atoms with Crippen LogP contribution in [0.2, 0.25) is 0 Å². The number of H-pyrrole nitrogens is 1. The van der Waals surface area contributed by atoms with Gasteiger partial charge >= 0.3 is 0 Å². The van der Waals surface area contributed by atoms with Crippen molar-refractivity contribution in [1.29, 1.82) is 0 Å². The summed E-state index contributed by atoms with van der Waals surface area (Å²) in [6.45, 7) is 4.07. The molecule has 0 amide bonds. The van der Waals surface area contributed by atoms with E-state index in [9.17, 15) is 4.79 Å². The third kappa shape index (κ3) is 3.87. The number of likely N-dealkylation sites (N-methyl/N-ethyl adjacent to an activating group) is 1. The number of benzene rings is 2. The van der Waals surface area contributed by atoms with Crippen molar-refractivity contribution < 1.29 is 15.0 Å². The Morgan fingerprint density at radius 1 is 1.12 bits per heavy atom. The van der Waals surface area contributed by atoms with Crippen molar-refractivity contribution >= 4 is 16.7 Å². The molecule has 26 heavy (non-hydrogen) atoms. The van der Waals surface area contributed by atoms with Crippen molar-refractivity contribution in [2.45, 2.75) is 19.4 Å². The molecule has 1 atom stereocenters. The number of nitrogens with one attached hydrogen (secondary N) is 2. The standard InChI is InChI=1S/C22H27N3O/c1-4-16-11-8-12-18-19(15-24-20(16)18)22(26)21(23-13-14-25(2)3)17-9-6-5-7-10-17/h5-12,15,21,23-24H,4,13-14H2,1-3H3/p+2/t21-/m1/s1. The zero-order chi connectivity index (χ0) is 18.5. The number of aromatic nitrogens is 1. The summed E-state index contributed by atoms with van der Waals surface area (Å²) in [5, 5.41) is 3.20. The Hall–Kier alpha value is -2.43. The molecule has 0 bridgehead atoms. The number of rotatable bonds is 8. The summed E-state index contributed by atoms with van der Waals surface area (Å²) in [5.41, 5.74) is 4.19. The smallest absolute Gasteiger partial charge is 0.226 e. The number of aryl methyl sites for hydroxylation is 1. The molecule has 4 heteroatoms. The van der Waals surface area contributed by atoms with Crippen molar-refractivity contribution in [3.8, 4) is 0 Å². The summed E-state index contributed by atoms with van der Waals surface area (Å²) in [7, 11) is 4.28. The molecule has 3 aromatic rings. The highest BCUT2D eigenvalue weighted by Crippen LogP contribution is 2.25. The van der Waals surface area contributed by atoms with Crippen LogP contribution in [0, 0.1) is 0 Å². The van der Waals surface area contributed by atoms with Crippen molar-refractivity contribution in [2.75, 3.05) is 27.2 Å². The molecular formula is C22H29N3O+2. The van der Waals surface area contributed by atoms with Crippen molar-refractivity contribution in [2.24, 2.45) is 0 Å². The number of hydrogen-bond donors (Lipinski definition) is 3. The van der Waals surface area contributed by atoms with Crippen LogP contribution in [0.1, 0.15) is 34.5 Å². The molecule has 0 aliphatic rings. The third-order valence-corrected chi connectivity index (χ3v) is 4.94. The zero-order valence-electron chi connectivity index (χ0n) is 15.9. The monoisotopic (exact) mass is 351 g/mol. The molecule has 1 heterocycles. The van der Waals surface area contributed by atoms with E-state index in [0.29, 0.717) is 0 Å². The summed E-state index contributed by atoms with van der Waals surface area (Å²) in [4.78, 5) is 18.2. The van der Waals surface area contributed by atoms with Gasteiger partial charge in [0.05, 0.1) is 14.1 Å². The Bertz CT molecular complexity index is 867. The number of carbonyl (C=O) groups excluding carboxylic acids is 1. The first-order valence-corrected chi connectivity index (χ1v) is 9.42. The van der Waals surface area contributed by atoms with Gasteiger partial charge in [0.25, 0.3) is 0 Å². The summed E-state index contributed by atoms with van der Waals surface area (Å²) >= 11 is 0. The highest BCUT2D eigenvalue weighted by molar-refractivity contribution is 6.10. The number of Topliss-reactive ketones (excluding diaryl/α,β-unsaturated/α-hetero) is 1. The molecule has 136 valence electrons. The predicted molar refractivity (Wildman–Crippen MR) is 106 cm³/mol. The van der Waals surface area contributed by atoms with Gasteiger partial charge in [-0.1, -0.05) is 55.5 Å². The average molecular weight is 351 g/mol. The Balaban J connectivity index is 1.95. The van der Waals surface area contributed by atoms with E-state index in [-0.39, 0.29) is 11.8 Å². The van der Waals surface area contributed by atoms with Crippen LogP contribution < -0.4 is 10.2 Å². The minimum absolute atomic E-state index is 0.171. The summed E-state index contributed by atoms with van der Waals surface area (Å²) < 4.78 is 0. The fourth-order valence-corrected chi connectivity index (χ4v) is 3.48. The van der Waals surface area contributed by atoms with E-state index in [0.717, 1.165) is 41.5 Å². The number of aromatic amines is 1. The van der Waals surface area contributed by atoms with Gasteiger partial charge in [-0.05, 0) is 12.0 Å². The van der Waals surface area contributed by atoms with Crippen LogP contribution >= 0.6 is 0 Å². The SMILES string of the molecule is CCc1cccc2c(C(=O)[C@H]([NH2+]CC[NH+](C)C)c3ccccc3)c[nH]c12. The second-order valence-electron chi connectivity index (χ2n) is 7.13. The Morgan fingerprint density at radius 3 is 2.58 bits per heavy atom. The van der Waals surface area contributed by atoms with Gasteiger partial charge in [-0.2, -0.15) is 0 Å². The van der Waals surface area contributed by atoms with Crippen molar-refractivity contribution in [3.63, 3.8) is 0 Å². The Morgan fingerprint density at radius 2 is 1.88 bits per heavy atom. The van der Waals surface area contributed by atoms with Gasteiger partial charge in [-0.3, -0.25) is 4.79 Å². The molecule has 4 N–H and O–H groups in total. The van der Waals surface area contributed by atoms with Crippen LogP contribution in [0.5, 0.6) is 0 Å². The lowest BCUT2D eigenvalue weighted by molar-refractivity contribution is -0.876. The van der Waals surface area contributed by atoms with Gasteiger partial charge in [0, 0.05) is 28.2 Å². The summed E-state index contributed by atoms with van der Waals surface area (Å²) in [6, 6.07) is 16.1. The molecule has 0 saturated heterocycles. The molecule has 0 unspecified atom stereocenters. The van der Waals surface area contributed by atoms with E-state index in [1.165, 1.54) is 10.5 Å². The molecular weight excluding hydrogens is 322 g/mol. The molecule has 0 spiro atoms. The normalized spacial score (nSPS) is 12.6. The van der Waals surface area contributed by atoms with Crippen molar-refractivity contribution in [1.82, 2.24) is 4.98 Å². The lowest BCUT2D eigenvalue weighted by Gasteiger charge is -2.15. The molecule has 0 radical (unpaired) electrons. The van der Waals surface area contributed by atoms with Crippen LogP contribution in [0.4, 0.5) is 0 Å². The largest absolute Gasteiger partial charge is 0.360 e. The maximum atomic E-state index is 13.4. The maximum absolute atomic E-state index is 13.4. The molecule has 1 aromatic heterocycles. The minimum atomic E-state index is -0.208. The fourth-order valence-electron chi connectivity index (χ4n) is 3.48. The lowest BCUT2D eigenvalue weighted by Crippen LogP contribution is -3.09. The summed E-state index contributed by atoms with van der Waals surface area (Å²) in [6.07, 6.45) is 2.83. The lowest BCUT2D eigenvalue weighted by atomic mass is 9.96. The third-order valence-electron chi connectivity index (χ3n) is 4.94. The highest BCUT2D eigenvalue weighted by Gasteiger charge is 2.27. The van der Waals surface area contributed by atoms with Gasteiger partial charge in [-0.25, -0.2) is 0 Å². The van der Waals surface area contributed by atoms with E-state index in [2.05, 4.69) is 37.4 Å². The molecule has 0 fully saturated rings. The first-order valence-electron chi connectivity index (χ1n) is 9.42. The second kappa shape index (κ2) is 8.30. The fraction of sp³-hybridized carbons (Fsp3) is 0.318. The molecule has 2 aromatic carbocycles. The number of quaternary nitrogens is 2. The number of hydrogen-bond acceptors (Lipinski definition) is 1. The quantitative estimate of drug-likeness (QED) is 0.528. The molecule has 0 aliphatic carbocycles. The topological polar surface area (TPSA) is 53.9 Å². The first-order chi connectivity index (χ1) is 12.6. The van der Waals surface area contributed by atoms with E-state index in [1.807, 2.05) is 48.7 Å². The molecule has 0 aliphatic heterocycles. The molecule has 4 nitrogen and oxygen atoms in total. The van der Waals surface area contributed by atoms with Crippen LogP contribution in [-0.4, -0.2) is 38.0 Å². The predicted octanol–water partition coefficient (Wildman–Crippen LogP) is 1.36. The maximum Gasteiger partial charge on any atom is 0.226 e. The highest BCUT2D eigenvalue weighted by atomic mass is 16.1. The van der Waals surface area contributed by atoms with Gasteiger partial charge < -0.3 is 15.2 Å². The number of carbonyl (C=O) groups is 1. The molecule has 0 saturated carbocycles. The van der Waals surface area contributed by atoms with Crippen LogP contribution in [-0.2, 0) is 6.42 Å². The first kappa shape index (κ1) is 18.4. The van der Waals surface area contributed by atoms with E-state index < -0.39 is 0 Å². The average Bonchev–Trinajstić information content (AvgIpc) is 3.09. The van der Waals surface area contributed by atoms with Gasteiger partial charge in [0.1, 0.15) is 13.1 Å². The molecule has 3 rings (SSSR count). The minimum Gasteiger partial charge on any atom is -0.360 e. The van der Waals surface area contributed by atoms with Crippen LogP contribution in [0.15, 0.2) is 54.7 Å². The van der Waals surface area contributed by atoms with Gasteiger partial charge in [-0.15, -0.1) is 0 Å². The summed E-state index contributed by atoms with van der Waals surface area (Å²) in [5.74, 6) is 0.171. The second-order valence-corrected chi connectivity index (χ2v) is 7.13. The number of nitrogens with two attached hydrogens (primary N) is 1.